The van der Waals surface area contributed by atoms with Crippen molar-refractivity contribution in [2.45, 2.75) is 39.0 Å². The largest absolute Gasteiger partial charge is 2.00 e. The van der Waals surface area contributed by atoms with E-state index < -0.39 is 10.0 Å². The summed E-state index contributed by atoms with van der Waals surface area (Å²) in [4.78, 5) is 17.6. The fourth-order valence-corrected chi connectivity index (χ4v) is 3.49. The predicted octanol–water partition coefficient (Wildman–Crippen LogP) is 2.96. The third-order valence-corrected chi connectivity index (χ3v) is 4.66. The van der Waals surface area contributed by atoms with E-state index in [0.717, 1.165) is 11.8 Å². The third-order valence-electron chi connectivity index (χ3n) is 4.05. The standard InChI is InChI=1S/C18H24N2O5S.Ca.2H/c1-4-15(19-25-5-2)18-16(21)10-13(11-17(18)22)12-6-8-14(9-7-12)20-26(3,23)24;;;/h6-9,13,20-21H,4-5,10-11H2,1-3H3;;;/q;+2;2*-1. The molecule has 9 heteroatoms. The van der Waals surface area contributed by atoms with Gasteiger partial charge in [-0.2, -0.15) is 0 Å². The number of rotatable bonds is 7. The summed E-state index contributed by atoms with van der Waals surface area (Å²) in [7, 11) is -3.34. The molecule has 0 bridgehead atoms. The molecule has 0 radical (unpaired) electrons. The van der Waals surface area contributed by atoms with Gasteiger partial charge in [-0.3, -0.25) is 9.52 Å². The summed E-state index contributed by atoms with van der Waals surface area (Å²) in [5.41, 5.74) is 2.03. The third kappa shape index (κ3) is 6.78. The number of nitrogens with zero attached hydrogens (tertiary/aromatic N) is 1. The average molecular weight is 423 g/mol. The van der Waals surface area contributed by atoms with Crippen LogP contribution in [0.5, 0.6) is 0 Å². The Hall–Kier alpha value is -1.09. The molecule has 0 spiro atoms. The molecule has 146 valence electrons. The van der Waals surface area contributed by atoms with Gasteiger partial charge in [0.2, 0.25) is 10.0 Å². The van der Waals surface area contributed by atoms with Crippen LogP contribution in [0.2, 0.25) is 0 Å². The van der Waals surface area contributed by atoms with Gasteiger partial charge < -0.3 is 12.8 Å². The van der Waals surface area contributed by atoms with E-state index in [-0.39, 0.29) is 70.0 Å². The minimum absolute atomic E-state index is 0. The number of oxime groups is 1. The normalized spacial score (nSPS) is 18.1. The van der Waals surface area contributed by atoms with Crippen molar-refractivity contribution in [2.75, 3.05) is 17.6 Å². The first-order valence-electron chi connectivity index (χ1n) is 8.47. The summed E-state index contributed by atoms with van der Waals surface area (Å²) >= 11 is 0. The quantitative estimate of drug-likeness (QED) is 0.399. The van der Waals surface area contributed by atoms with Gasteiger partial charge in [0, 0.05) is 18.5 Å². The van der Waals surface area contributed by atoms with Crippen molar-refractivity contribution in [2.24, 2.45) is 5.16 Å². The smallest absolute Gasteiger partial charge is 1.00 e. The van der Waals surface area contributed by atoms with Crippen LogP contribution in [0.4, 0.5) is 5.69 Å². The molecule has 1 aromatic rings. The Bertz CT molecular complexity index is 842. The van der Waals surface area contributed by atoms with Crippen LogP contribution in [-0.4, -0.2) is 75.6 Å². The van der Waals surface area contributed by atoms with Crippen molar-refractivity contribution in [3.8, 4) is 0 Å². The van der Waals surface area contributed by atoms with Crippen molar-refractivity contribution in [1.82, 2.24) is 0 Å². The van der Waals surface area contributed by atoms with E-state index in [4.69, 9.17) is 4.84 Å². The van der Waals surface area contributed by atoms with Crippen LogP contribution in [-0.2, 0) is 19.7 Å². The van der Waals surface area contributed by atoms with Crippen LogP contribution in [0.25, 0.3) is 0 Å². The Labute approximate surface area is 192 Å². The molecule has 2 rings (SSSR count). The molecule has 0 fully saturated rings. The molecule has 0 saturated heterocycles. The maximum atomic E-state index is 12.6. The maximum Gasteiger partial charge on any atom is 2.00 e. The first kappa shape index (κ1) is 23.9. The number of Topliss-reactive ketones (excluding diaryl/α,β-unsaturated/α-hetero) is 1. The number of sulfonamides is 1. The number of hydrogen-bond donors (Lipinski definition) is 2. The zero-order valence-electron chi connectivity index (χ0n) is 17.9. The zero-order chi connectivity index (χ0) is 19.3. The van der Waals surface area contributed by atoms with E-state index in [0.29, 0.717) is 30.8 Å². The molecule has 0 saturated carbocycles. The Morgan fingerprint density at radius 1 is 1.30 bits per heavy atom. The number of anilines is 1. The molecule has 1 aromatic carbocycles. The van der Waals surface area contributed by atoms with Crippen molar-refractivity contribution in [3.05, 3.63) is 41.2 Å². The molecule has 7 nitrogen and oxygen atoms in total. The first-order chi connectivity index (χ1) is 12.2. The number of ketones is 1. The summed E-state index contributed by atoms with van der Waals surface area (Å²) < 4.78 is 24.9. The number of nitrogens with one attached hydrogen (secondary N) is 1. The number of hydrogen-bond acceptors (Lipinski definition) is 6. The summed E-state index contributed by atoms with van der Waals surface area (Å²) in [5, 5.41) is 14.4. The molecule has 0 aliphatic heterocycles. The molecule has 0 aromatic heterocycles. The average Bonchev–Trinajstić information content (AvgIpc) is 2.56. The number of aliphatic hydroxyl groups excluding tert-OH is 1. The van der Waals surface area contributed by atoms with E-state index in [1.807, 2.05) is 6.92 Å². The number of allylic oxidation sites excluding steroid dienone is 2. The Morgan fingerprint density at radius 2 is 1.93 bits per heavy atom. The van der Waals surface area contributed by atoms with Crippen LogP contribution in [0.15, 0.2) is 40.8 Å². The number of benzene rings is 1. The van der Waals surface area contributed by atoms with Gasteiger partial charge in [-0.1, -0.05) is 24.2 Å². The SMILES string of the molecule is CCON=C(CC)C1=C(O)CC(c2ccc(NS(C)(=O)=O)cc2)CC1=O.[Ca+2].[H-].[H-]. The number of carbonyl (C=O) groups excluding carboxylic acids is 1. The summed E-state index contributed by atoms with van der Waals surface area (Å²) in [6.45, 7) is 4.04. The van der Waals surface area contributed by atoms with Gasteiger partial charge in [0.1, 0.15) is 12.4 Å². The fourth-order valence-electron chi connectivity index (χ4n) is 2.92. The summed E-state index contributed by atoms with van der Waals surface area (Å²) in [6, 6.07) is 6.81. The molecule has 1 aliphatic rings. The zero-order valence-corrected chi connectivity index (χ0v) is 18.9. The van der Waals surface area contributed by atoms with Crippen molar-refractivity contribution in [1.29, 1.82) is 0 Å². The molecular formula is C18H26CaN2O5S. The van der Waals surface area contributed by atoms with Gasteiger partial charge in [0.25, 0.3) is 0 Å². The van der Waals surface area contributed by atoms with Crippen LogP contribution in [0, 0.1) is 0 Å². The van der Waals surface area contributed by atoms with E-state index in [1.54, 1.807) is 31.2 Å². The molecule has 1 aliphatic carbocycles. The molecule has 2 N–H and O–H groups in total. The molecular weight excluding hydrogens is 396 g/mol. The topological polar surface area (TPSA) is 105 Å². The molecule has 1 atom stereocenters. The van der Waals surface area contributed by atoms with Crippen molar-refractivity contribution in [3.63, 3.8) is 0 Å². The number of aliphatic hydroxyl groups is 1. The monoisotopic (exact) mass is 422 g/mol. The summed E-state index contributed by atoms with van der Waals surface area (Å²) in [5.74, 6) is -0.314. The van der Waals surface area contributed by atoms with Crippen molar-refractivity contribution >= 4 is 64.9 Å². The fraction of sp³-hybridized carbons (Fsp3) is 0.444. The summed E-state index contributed by atoms with van der Waals surface area (Å²) in [6.07, 6.45) is 2.15. The molecule has 0 heterocycles. The Morgan fingerprint density at radius 3 is 2.41 bits per heavy atom. The molecule has 1 unspecified atom stereocenters. The maximum absolute atomic E-state index is 12.6. The molecule has 0 amide bonds. The van der Waals surface area contributed by atoms with E-state index >= 15 is 0 Å². The van der Waals surface area contributed by atoms with Crippen LogP contribution >= 0.6 is 0 Å². The van der Waals surface area contributed by atoms with Gasteiger partial charge in [0.05, 0.1) is 17.5 Å². The van der Waals surface area contributed by atoms with Gasteiger partial charge in [-0.25, -0.2) is 8.42 Å². The van der Waals surface area contributed by atoms with E-state index in [2.05, 4.69) is 9.88 Å². The minimum atomic E-state index is -3.34. The molecule has 27 heavy (non-hydrogen) atoms. The first-order valence-corrected chi connectivity index (χ1v) is 10.4. The second-order valence-corrected chi connectivity index (χ2v) is 7.90. The predicted molar refractivity (Wildman–Crippen MR) is 109 cm³/mol. The van der Waals surface area contributed by atoms with Crippen molar-refractivity contribution < 1.29 is 26.0 Å². The van der Waals surface area contributed by atoms with Crippen LogP contribution in [0.3, 0.4) is 0 Å². The van der Waals surface area contributed by atoms with Gasteiger partial charge >= 0.3 is 37.7 Å². The number of carbonyl (C=O) groups is 1. The van der Waals surface area contributed by atoms with Crippen LogP contribution < -0.4 is 4.72 Å². The second kappa shape index (κ2) is 10.5. The van der Waals surface area contributed by atoms with E-state index in [1.165, 1.54) is 0 Å². The van der Waals surface area contributed by atoms with Gasteiger partial charge in [-0.15, -0.1) is 0 Å². The van der Waals surface area contributed by atoms with Crippen LogP contribution in [0.1, 0.15) is 47.4 Å². The minimum Gasteiger partial charge on any atom is -1.00 e. The Kier molecular flexibility index (Phi) is 9.27. The van der Waals surface area contributed by atoms with Gasteiger partial charge in [0.15, 0.2) is 5.78 Å². The van der Waals surface area contributed by atoms with Gasteiger partial charge in [-0.05, 0) is 37.0 Å². The Balaban J connectivity index is 0. The second-order valence-electron chi connectivity index (χ2n) is 6.16. The van der Waals surface area contributed by atoms with E-state index in [9.17, 15) is 18.3 Å².